The topological polar surface area (TPSA) is 32.3 Å². The van der Waals surface area contributed by atoms with E-state index in [4.69, 9.17) is 11.6 Å². The highest BCUT2D eigenvalue weighted by Crippen LogP contribution is 2.23. The molecule has 2 rings (SSSR count). The number of hydrogen-bond acceptors (Lipinski definition) is 2. The summed E-state index contributed by atoms with van der Waals surface area (Å²) in [5, 5.41) is 4.34. The van der Waals surface area contributed by atoms with Crippen LogP contribution in [0.2, 0.25) is 5.02 Å². The first-order chi connectivity index (χ1) is 8.58. The summed E-state index contributed by atoms with van der Waals surface area (Å²) in [6.45, 7) is 2.88. The van der Waals surface area contributed by atoms with E-state index >= 15 is 0 Å². The summed E-state index contributed by atoms with van der Waals surface area (Å²) in [5.41, 5.74) is 1.11. The van der Waals surface area contributed by atoms with Gasteiger partial charge in [0.05, 0.1) is 0 Å². The van der Waals surface area contributed by atoms with E-state index in [1.807, 2.05) is 31.3 Å². The summed E-state index contributed by atoms with van der Waals surface area (Å²) in [6, 6.07) is 8.43. The van der Waals surface area contributed by atoms with Crippen molar-refractivity contribution >= 4 is 17.5 Å². The molecule has 0 spiro atoms. The lowest BCUT2D eigenvalue weighted by molar-refractivity contribution is -0.132. The number of rotatable bonds is 3. The zero-order chi connectivity index (χ0) is 13.1. The lowest BCUT2D eigenvalue weighted by atomic mass is 10.0. The first-order valence-electron chi connectivity index (χ1n) is 6.32. The van der Waals surface area contributed by atoms with Crippen LogP contribution in [0.4, 0.5) is 0 Å². The van der Waals surface area contributed by atoms with Crippen molar-refractivity contribution in [1.82, 2.24) is 10.2 Å². The Hall–Kier alpha value is -1.06. The lowest BCUT2D eigenvalue weighted by Crippen LogP contribution is -2.47. The second-order valence-electron chi connectivity index (χ2n) is 4.92. The first-order valence-corrected chi connectivity index (χ1v) is 6.70. The molecule has 1 saturated heterocycles. The Kier molecular flexibility index (Phi) is 4.25. The average molecular weight is 267 g/mol. The molecule has 1 aromatic carbocycles. The molecule has 3 nitrogen and oxygen atoms in total. The minimum atomic E-state index is 0.199. The highest BCUT2D eigenvalue weighted by molar-refractivity contribution is 6.31. The van der Waals surface area contributed by atoms with Gasteiger partial charge in [0.25, 0.3) is 0 Å². The number of carbonyl (C=O) groups is 1. The molecule has 4 heteroatoms. The third kappa shape index (κ3) is 3.03. The van der Waals surface area contributed by atoms with E-state index in [1.165, 1.54) is 0 Å². The quantitative estimate of drug-likeness (QED) is 0.912. The van der Waals surface area contributed by atoms with Crippen LogP contribution in [-0.4, -0.2) is 30.4 Å². The van der Waals surface area contributed by atoms with Gasteiger partial charge >= 0.3 is 0 Å². The summed E-state index contributed by atoms with van der Waals surface area (Å²) in [5.74, 6) is 0.235. The maximum absolute atomic E-state index is 11.4. The van der Waals surface area contributed by atoms with Gasteiger partial charge < -0.3 is 10.2 Å². The zero-order valence-electron chi connectivity index (χ0n) is 10.8. The van der Waals surface area contributed by atoms with Crippen LogP contribution in [0.3, 0.4) is 0 Å². The normalized spacial score (nSPS) is 22.1. The summed E-state index contributed by atoms with van der Waals surface area (Å²) in [7, 11) is 1.86. The molecule has 98 valence electrons. The van der Waals surface area contributed by atoms with Crippen LogP contribution >= 0.6 is 11.6 Å². The number of piperidine rings is 1. The lowest BCUT2D eigenvalue weighted by Gasteiger charge is -2.32. The minimum Gasteiger partial charge on any atom is -0.344 e. The molecule has 1 fully saturated rings. The Labute approximate surface area is 113 Å². The van der Waals surface area contributed by atoms with Crippen molar-refractivity contribution in [1.29, 1.82) is 0 Å². The fourth-order valence-corrected chi connectivity index (χ4v) is 2.72. The third-order valence-electron chi connectivity index (χ3n) is 3.48. The van der Waals surface area contributed by atoms with Crippen molar-refractivity contribution in [3.05, 3.63) is 34.9 Å². The molecule has 0 bridgehead atoms. The van der Waals surface area contributed by atoms with Crippen molar-refractivity contribution < 1.29 is 4.79 Å². The first kappa shape index (κ1) is 13.4. The minimum absolute atomic E-state index is 0.199. The van der Waals surface area contributed by atoms with Crippen molar-refractivity contribution in [3.8, 4) is 0 Å². The molecule has 1 heterocycles. The summed E-state index contributed by atoms with van der Waals surface area (Å²) in [6.07, 6.45) is 1.53. The van der Waals surface area contributed by atoms with Gasteiger partial charge in [0.1, 0.15) is 0 Å². The molecule has 0 aromatic heterocycles. The Morgan fingerprint density at radius 2 is 2.17 bits per heavy atom. The highest BCUT2D eigenvalue weighted by atomic mass is 35.5. The van der Waals surface area contributed by atoms with Gasteiger partial charge in [-0.05, 0) is 25.0 Å². The summed E-state index contributed by atoms with van der Waals surface area (Å²) in [4.78, 5) is 13.2. The van der Waals surface area contributed by atoms with Gasteiger partial charge in [0.2, 0.25) is 5.91 Å². The van der Waals surface area contributed by atoms with Crippen molar-refractivity contribution in [2.75, 3.05) is 13.6 Å². The van der Waals surface area contributed by atoms with Gasteiger partial charge in [0.15, 0.2) is 0 Å². The predicted octanol–water partition coefficient (Wildman–Crippen LogP) is 2.61. The monoisotopic (exact) mass is 266 g/mol. The van der Waals surface area contributed by atoms with Crippen LogP contribution in [0.15, 0.2) is 24.3 Å². The molecule has 1 aromatic rings. The second-order valence-corrected chi connectivity index (χ2v) is 5.33. The smallest absolute Gasteiger partial charge is 0.222 e. The maximum Gasteiger partial charge on any atom is 0.222 e. The number of nitrogens with zero attached hydrogens (tertiary/aromatic N) is 1. The number of likely N-dealkylation sites (N-methyl/N-ethyl adjacent to an activating group) is 1. The number of nitrogens with one attached hydrogen (secondary N) is 1. The van der Waals surface area contributed by atoms with Crippen LogP contribution < -0.4 is 5.32 Å². The molecule has 1 amide bonds. The fourth-order valence-electron chi connectivity index (χ4n) is 2.42. The van der Waals surface area contributed by atoms with Gasteiger partial charge in [-0.25, -0.2) is 0 Å². The molecule has 18 heavy (non-hydrogen) atoms. The Morgan fingerprint density at radius 1 is 1.44 bits per heavy atom. The number of likely N-dealkylation sites (tertiary alicyclic amines) is 1. The van der Waals surface area contributed by atoms with Gasteiger partial charge in [-0.2, -0.15) is 0 Å². The molecule has 1 aliphatic rings. The molecule has 0 radical (unpaired) electrons. The van der Waals surface area contributed by atoms with Crippen molar-refractivity contribution in [2.24, 2.45) is 0 Å². The predicted molar refractivity (Wildman–Crippen MR) is 73.7 cm³/mol. The number of carbonyl (C=O) groups excluding carboxylic acids is 1. The zero-order valence-corrected chi connectivity index (χ0v) is 11.6. The molecule has 1 aliphatic heterocycles. The standard InChI is InChI=1S/C14H19ClN2O/c1-10(12-5-3-4-6-13(12)15)16-11-7-8-14(18)17(2)9-11/h3-6,10-11,16H,7-9H2,1-2H3. The number of benzene rings is 1. The summed E-state index contributed by atoms with van der Waals surface area (Å²) >= 11 is 6.18. The van der Waals surface area contributed by atoms with Gasteiger partial charge in [-0.1, -0.05) is 29.8 Å². The summed E-state index contributed by atoms with van der Waals surface area (Å²) < 4.78 is 0. The Balaban J connectivity index is 1.98. The largest absolute Gasteiger partial charge is 0.344 e. The Bertz CT molecular complexity index is 436. The van der Waals surface area contributed by atoms with Gasteiger partial charge in [0, 0.05) is 37.1 Å². The SMILES string of the molecule is CC(NC1CCC(=O)N(C)C1)c1ccccc1Cl. The number of halogens is 1. The maximum atomic E-state index is 11.4. The van der Waals surface area contributed by atoms with Crippen LogP contribution in [0.25, 0.3) is 0 Å². The van der Waals surface area contributed by atoms with Gasteiger partial charge in [-0.15, -0.1) is 0 Å². The molecular weight excluding hydrogens is 248 g/mol. The highest BCUT2D eigenvalue weighted by Gasteiger charge is 2.24. The average Bonchev–Trinajstić information content (AvgIpc) is 2.34. The molecular formula is C14H19ClN2O. The van der Waals surface area contributed by atoms with Crippen LogP contribution in [-0.2, 0) is 4.79 Å². The van der Waals surface area contributed by atoms with Crippen molar-refractivity contribution in [2.45, 2.75) is 31.8 Å². The van der Waals surface area contributed by atoms with E-state index in [9.17, 15) is 4.79 Å². The molecule has 0 aliphatic carbocycles. The van der Waals surface area contributed by atoms with Crippen LogP contribution in [0.5, 0.6) is 0 Å². The van der Waals surface area contributed by atoms with Gasteiger partial charge in [-0.3, -0.25) is 4.79 Å². The fraction of sp³-hybridized carbons (Fsp3) is 0.500. The molecule has 2 atom stereocenters. The van der Waals surface area contributed by atoms with E-state index in [0.29, 0.717) is 12.5 Å². The van der Waals surface area contributed by atoms with E-state index in [-0.39, 0.29) is 11.9 Å². The second kappa shape index (κ2) is 5.72. The molecule has 2 unspecified atom stereocenters. The van der Waals surface area contributed by atoms with E-state index < -0.39 is 0 Å². The number of amides is 1. The van der Waals surface area contributed by atoms with Crippen LogP contribution in [0.1, 0.15) is 31.4 Å². The molecule has 0 saturated carbocycles. The van der Waals surface area contributed by atoms with E-state index in [0.717, 1.165) is 23.6 Å². The Morgan fingerprint density at radius 3 is 2.83 bits per heavy atom. The molecule has 1 N–H and O–H groups in total. The van der Waals surface area contributed by atoms with E-state index in [1.54, 1.807) is 4.90 Å². The van der Waals surface area contributed by atoms with Crippen molar-refractivity contribution in [3.63, 3.8) is 0 Å². The van der Waals surface area contributed by atoms with Crippen LogP contribution in [0, 0.1) is 0 Å². The van der Waals surface area contributed by atoms with E-state index in [2.05, 4.69) is 12.2 Å². The number of hydrogen-bond donors (Lipinski definition) is 1. The third-order valence-corrected chi connectivity index (χ3v) is 3.83.